The van der Waals surface area contributed by atoms with Gasteiger partial charge in [-0.3, -0.25) is 4.98 Å². The van der Waals surface area contributed by atoms with Gasteiger partial charge in [-0.2, -0.15) is 0 Å². The zero-order valence-electron chi connectivity index (χ0n) is 14.7. The second-order valence-electron chi connectivity index (χ2n) is 5.36. The maximum absolute atomic E-state index is 6.22. The molecular weight excluding hydrogens is 362 g/mol. The molecule has 2 heterocycles. The molecule has 0 aliphatic rings. The number of benzene rings is 2. The summed E-state index contributed by atoms with van der Waals surface area (Å²) in [5, 5.41) is 0.810. The van der Waals surface area contributed by atoms with E-state index in [4.69, 9.17) is 11.6 Å². The molecule has 0 bridgehead atoms. The van der Waals surface area contributed by atoms with Crippen molar-refractivity contribution in [2.75, 3.05) is 0 Å². The lowest BCUT2D eigenvalue weighted by atomic mass is 10.2. The number of H-pyrrole nitrogens is 1. The number of nitrogens with zero attached hydrogens (tertiary/aromatic N) is 2. The van der Waals surface area contributed by atoms with E-state index >= 15 is 0 Å². The van der Waals surface area contributed by atoms with Gasteiger partial charge in [-0.05, 0) is 42.0 Å². The van der Waals surface area contributed by atoms with Crippen molar-refractivity contribution in [3.8, 4) is 11.5 Å². The van der Waals surface area contributed by atoms with Gasteiger partial charge in [-0.25, -0.2) is 4.98 Å². The summed E-state index contributed by atoms with van der Waals surface area (Å²) in [4.78, 5) is 13.5. The molecule has 0 aliphatic heterocycles. The third-order valence-electron chi connectivity index (χ3n) is 3.71. The molecule has 4 rings (SSSR count). The molecule has 0 aliphatic carbocycles. The molecule has 3 nitrogen and oxygen atoms in total. The second-order valence-corrected chi connectivity index (χ2v) is 6.82. The molecule has 4 aromatic rings. The highest BCUT2D eigenvalue weighted by atomic mass is 35.5. The Kier molecular flexibility index (Phi) is 6.31. The zero-order valence-corrected chi connectivity index (χ0v) is 16.3. The van der Waals surface area contributed by atoms with E-state index in [2.05, 4.69) is 33.2 Å². The van der Waals surface area contributed by atoms with Crippen LogP contribution in [0.5, 0.6) is 0 Å². The Morgan fingerprint density at radius 1 is 1.00 bits per heavy atom. The Morgan fingerprint density at radius 3 is 2.58 bits per heavy atom. The summed E-state index contributed by atoms with van der Waals surface area (Å²) in [6.45, 7) is 4.00. The van der Waals surface area contributed by atoms with Gasteiger partial charge in [-0.1, -0.05) is 49.7 Å². The van der Waals surface area contributed by atoms with Crippen LogP contribution in [0.3, 0.4) is 0 Å². The molecule has 2 aromatic carbocycles. The minimum Gasteiger partial charge on any atom is -0.337 e. The molecule has 0 saturated carbocycles. The molecule has 0 unspecified atom stereocenters. The Hall–Kier alpha value is -2.30. The summed E-state index contributed by atoms with van der Waals surface area (Å²) in [5.74, 6) is 1.63. The summed E-state index contributed by atoms with van der Waals surface area (Å²) < 4.78 is 0. The van der Waals surface area contributed by atoms with Crippen LogP contribution < -0.4 is 0 Å². The average Bonchev–Trinajstić information content (AvgIpc) is 3.13. The summed E-state index contributed by atoms with van der Waals surface area (Å²) >= 11 is 7.98. The van der Waals surface area contributed by atoms with Crippen LogP contribution in [0.25, 0.3) is 22.6 Å². The van der Waals surface area contributed by atoms with Gasteiger partial charge in [-0.15, -0.1) is 11.8 Å². The summed E-state index contributed by atoms with van der Waals surface area (Å²) in [6, 6.07) is 20.0. The van der Waals surface area contributed by atoms with E-state index in [1.54, 1.807) is 18.0 Å². The Balaban J connectivity index is 0.000000948. The van der Waals surface area contributed by atoms with Gasteiger partial charge in [0.05, 0.1) is 11.0 Å². The van der Waals surface area contributed by atoms with Gasteiger partial charge >= 0.3 is 0 Å². The molecule has 0 fully saturated rings. The number of rotatable bonds is 4. The highest BCUT2D eigenvalue weighted by Gasteiger charge is 2.07. The van der Waals surface area contributed by atoms with Gasteiger partial charge in [0.15, 0.2) is 5.82 Å². The van der Waals surface area contributed by atoms with Crippen molar-refractivity contribution in [2.24, 2.45) is 0 Å². The van der Waals surface area contributed by atoms with Crippen LogP contribution in [0.2, 0.25) is 5.02 Å². The van der Waals surface area contributed by atoms with Crippen LogP contribution in [-0.2, 0) is 5.75 Å². The highest BCUT2D eigenvalue weighted by molar-refractivity contribution is 7.98. The van der Waals surface area contributed by atoms with Crippen LogP contribution in [-0.4, -0.2) is 15.0 Å². The number of halogens is 1. The van der Waals surface area contributed by atoms with Crippen molar-refractivity contribution in [1.82, 2.24) is 15.0 Å². The molecular formula is C21H20ClN3S. The summed E-state index contributed by atoms with van der Waals surface area (Å²) in [6.07, 6.45) is 1.77. The molecule has 5 heteroatoms. The molecule has 0 radical (unpaired) electrons. The monoisotopic (exact) mass is 381 g/mol. The normalized spacial score (nSPS) is 10.4. The lowest BCUT2D eigenvalue weighted by Crippen LogP contribution is -1.83. The van der Waals surface area contributed by atoms with E-state index in [0.717, 1.165) is 38.9 Å². The highest BCUT2D eigenvalue weighted by Crippen LogP contribution is 2.29. The van der Waals surface area contributed by atoms with Crippen molar-refractivity contribution < 1.29 is 0 Å². The fourth-order valence-electron chi connectivity index (χ4n) is 2.48. The molecule has 1 N–H and O–H groups in total. The van der Waals surface area contributed by atoms with Crippen LogP contribution in [0.15, 0.2) is 71.8 Å². The number of fused-ring (bicyclic) bond motifs is 1. The minimum absolute atomic E-state index is 0.791. The van der Waals surface area contributed by atoms with Crippen LogP contribution in [0, 0.1) is 0 Å². The van der Waals surface area contributed by atoms with Crippen molar-refractivity contribution in [3.05, 3.63) is 77.4 Å². The molecule has 132 valence electrons. The molecule has 0 spiro atoms. The van der Waals surface area contributed by atoms with E-state index in [1.165, 1.54) is 4.90 Å². The van der Waals surface area contributed by atoms with E-state index in [9.17, 15) is 0 Å². The predicted molar refractivity (Wildman–Crippen MR) is 112 cm³/mol. The fourth-order valence-corrected chi connectivity index (χ4v) is 3.70. The van der Waals surface area contributed by atoms with Crippen LogP contribution in [0.1, 0.15) is 19.4 Å². The maximum Gasteiger partial charge on any atom is 0.157 e. The number of hydrogen-bond acceptors (Lipinski definition) is 3. The van der Waals surface area contributed by atoms with Crippen molar-refractivity contribution in [2.45, 2.75) is 24.5 Å². The summed E-state index contributed by atoms with van der Waals surface area (Å²) in [5.41, 5.74) is 3.94. The molecule has 0 amide bonds. The first-order chi connectivity index (χ1) is 12.8. The number of imidazole rings is 1. The Morgan fingerprint density at radius 2 is 1.81 bits per heavy atom. The van der Waals surface area contributed by atoms with E-state index in [-0.39, 0.29) is 0 Å². The Bertz CT molecular complexity index is 983. The first kappa shape index (κ1) is 18.5. The molecule has 26 heavy (non-hydrogen) atoms. The van der Waals surface area contributed by atoms with Crippen LogP contribution >= 0.6 is 23.4 Å². The fraction of sp³-hybridized carbons (Fsp3) is 0.143. The topological polar surface area (TPSA) is 41.6 Å². The van der Waals surface area contributed by atoms with Crippen molar-refractivity contribution >= 4 is 34.4 Å². The number of pyridine rings is 1. The number of thioether (sulfide) groups is 1. The first-order valence-electron chi connectivity index (χ1n) is 8.57. The average molecular weight is 382 g/mol. The number of hydrogen-bond donors (Lipinski definition) is 1. The first-order valence-corrected chi connectivity index (χ1v) is 9.93. The maximum atomic E-state index is 6.22. The SMILES string of the molecule is CC.Clc1ccccc1CSc1ccc2nc(-c3ccccn3)[nH]c2c1. The minimum atomic E-state index is 0.791. The van der Waals surface area contributed by atoms with E-state index in [1.807, 2.05) is 56.3 Å². The van der Waals surface area contributed by atoms with E-state index in [0.29, 0.717) is 0 Å². The molecule has 2 aromatic heterocycles. The summed E-state index contributed by atoms with van der Waals surface area (Å²) in [7, 11) is 0. The lowest BCUT2D eigenvalue weighted by molar-refractivity contribution is 1.24. The van der Waals surface area contributed by atoms with Gasteiger partial charge in [0.1, 0.15) is 5.69 Å². The van der Waals surface area contributed by atoms with Gasteiger partial charge in [0.2, 0.25) is 0 Å². The molecule has 0 atom stereocenters. The zero-order chi connectivity index (χ0) is 18.4. The second kappa shape index (κ2) is 8.88. The van der Waals surface area contributed by atoms with Gasteiger partial charge in [0.25, 0.3) is 0 Å². The van der Waals surface area contributed by atoms with Crippen LogP contribution in [0.4, 0.5) is 0 Å². The number of nitrogens with one attached hydrogen (secondary N) is 1. The standard InChI is InChI=1S/C19H14ClN3S.C2H6/c20-15-6-2-1-5-13(15)12-24-14-8-9-16-18(11-14)23-19(22-16)17-7-3-4-10-21-17;1-2/h1-11H,12H2,(H,22,23);1-2H3. The van der Waals surface area contributed by atoms with E-state index < -0.39 is 0 Å². The third kappa shape index (κ3) is 4.26. The number of aromatic amines is 1. The Labute approximate surface area is 162 Å². The predicted octanol–water partition coefficient (Wildman–Crippen LogP) is 6.60. The largest absolute Gasteiger partial charge is 0.337 e. The van der Waals surface area contributed by atoms with Gasteiger partial charge in [0, 0.05) is 21.9 Å². The number of aromatic nitrogens is 3. The quantitative estimate of drug-likeness (QED) is 0.405. The van der Waals surface area contributed by atoms with Crippen molar-refractivity contribution in [3.63, 3.8) is 0 Å². The van der Waals surface area contributed by atoms with Crippen molar-refractivity contribution in [1.29, 1.82) is 0 Å². The smallest absolute Gasteiger partial charge is 0.157 e. The van der Waals surface area contributed by atoms with Gasteiger partial charge < -0.3 is 4.98 Å². The third-order valence-corrected chi connectivity index (χ3v) is 5.12. The molecule has 0 saturated heterocycles. The lowest BCUT2D eigenvalue weighted by Gasteiger charge is -2.04.